The van der Waals surface area contributed by atoms with E-state index in [1.165, 1.54) is 31.2 Å². The van der Waals surface area contributed by atoms with E-state index in [0.717, 1.165) is 12.3 Å². The summed E-state index contributed by atoms with van der Waals surface area (Å²) in [7, 11) is 2.28. The highest BCUT2D eigenvalue weighted by Crippen LogP contribution is 2.31. The normalized spacial score (nSPS) is 26.4. The van der Waals surface area contributed by atoms with Gasteiger partial charge in [0.15, 0.2) is 0 Å². The number of hydrogen-bond donors (Lipinski definition) is 1. The maximum absolute atomic E-state index is 6.56. The molecule has 0 aliphatic heterocycles. The molecule has 2 heteroatoms. The van der Waals surface area contributed by atoms with Crippen molar-refractivity contribution in [1.29, 1.82) is 0 Å². The molecular formula is C18H30N2. The Morgan fingerprint density at radius 2 is 1.85 bits per heavy atom. The summed E-state index contributed by atoms with van der Waals surface area (Å²) in [5.41, 5.74) is 7.82. The first kappa shape index (κ1) is 15.5. The zero-order chi connectivity index (χ0) is 14.5. The standard InChI is InChI=1S/C18H30N2/c1-4-16(18(19)15-11-6-5-7-12-15)20(3)17-13-9-8-10-14(17)2/h5-7,11-12,14,16-18H,4,8-10,13,19H2,1-3H3. The third-order valence-corrected chi connectivity index (χ3v) is 5.13. The van der Waals surface area contributed by atoms with Crippen molar-refractivity contribution in [3.05, 3.63) is 35.9 Å². The van der Waals surface area contributed by atoms with Crippen LogP contribution in [0.3, 0.4) is 0 Å². The van der Waals surface area contributed by atoms with Gasteiger partial charge in [0.25, 0.3) is 0 Å². The van der Waals surface area contributed by atoms with Crippen molar-refractivity contribution < 1.29 is 0 Å². The molecule has 0 amide bonds. The number of nitrogens with zero attached hydrogens (tertiary/aromatic N) is 1. The SMILES string of the molecule is CCC(C(N)c1ccccc1)N(C)C1CCCCC1C. The minimum atomic E-state index is 0.111. The highest BCUT2D eigenvalue weighted by atomic mass is 15.2. The molecule has 4 unspecified atom stereocenters. The maximum atomic E-state index is 6.56. The van der Waals surface area contributed by atoms with Crippen LogP contribution in [0.25, 0.3) is 0 Å². The van der Waals surface area contributed by atoms with Gasteiger partial charge in [0.05, 0.1) is 0 Å². The first-order valence-electron chi connectivity index (χ1n) is 8.17. The summed E-state index contributed by atoms with van der Waals surface area (Å²) in [4.78, 5) is 2.57. The van der Waals surface area contributed by atoms with Gasteiger partial charge in [-0.2, -0.15) is 0 Å². The Kier molecular flexibility index (Phi) is 5.62. The molecular weight excluding hydrogens is 244 g/mol. The van der Waals surface area contributed by atoms with Crippen molar-refractivity contribution in [3.8, 4) is 0 Å². The molecule has 0 heterocycles. The third kappa shape index (κ3) is 3.42. The van der Waals surface area contributed by atoms with E-state index < -0.39 is 0 Å². The zero-order valence-corrected chi connectivity index (χ0v) is 13.3. The van der Waals surface area contributed by atoms with Crippen molar-refractivity contribution in [3.63, 3.8) is 0 Å². The van der Waals surface area contributed by atoms with Gasteiger partial charge in [0.1, 0.15) is 0 Å². The number of rotatable bonds is 5. The summed E-state index contributed by atoms with van der Waals surface area (Å²) in [6, 6.07) is 11.8. The molecule has 1 aliphatic rings. The lowest BCUT2D eigenvalue weighted by Gasteiger charge is -2.42. The number of benzene rings is 1. The maximum Gasteiger partial charge on any atom is 0.0452 e. The Morgan fingerprint density at radius 1 is 1.20 bits per heavy atom. The van der Waals surface area contributed by atoms with Crippen molar-refractivity contribution >= 4 is 0 Å². The van der Waals surface area contributed by atoms with Gasteiger partial charge in [0.2, 0.25) is 0 Å². The second-order valence-corrected chi connectivity index (χ2v) is 6.41. The average molecular weight is 274 g/mol. The summed E-state index contributed by atoms with van der Waals surface area (Å²) in [6.07, 6.45) is 6.57. The van der Waals surface area contributed by atoms with Gasteiger partial charge in [-0.25, -0.2) is 0 Å². The second-order valence-electron chi connectivity index (χ2n) is 6.41. The monoisotopic (exact) mass is 274 g/mol. The Hall–Kier alpha value is -0.860. The fourth-order valence-corrected chi connectivity index (χ4v) is 3.84. The molecule has 2 N–H and O–H groups in total. The van der Waals surface area contributed by atoms with E-state index in [-0.39, 0.29) is 6.04 Å². The van der Waals surface area contributed by atoms with E-state index in [9.17, 15) is 0 Å². The van der Waals surface area contributed by atoms with Crippen LogP contribution < -0.4 is 5.73 Å². The van der Waals surface area contributed by atoms with E-state index in [2.05, 4.69) is 56.1 Å². The van der Waals surface area contributed by atoms with Crippen LogP contribution >= 0.6 is 0 Å². The van der Waals surface area contributed by atoms with E-state index in [1.807, 2.05) is 0 Å². The van der Waals surface area contributed by atoms with Crippen LogP contribution in [0.4, 0.5) is 0 Å². The zero-order valence-electron chi connectivity index (χ0n) is 13.3. The van der Waals surface area contributed by atoms with Gasteiger partial charge in [0, 0.05) is 18.1 Å². The quantitative estimate of drug-likeness (QED) is 0.880. The summed E-state index contributed by atoms with van der Waals surface area (Å²) in [5.74, 6) is 0.797. The summed E-state index contributed by atoms with van der Waals surface area (Å²) in [5, 5.41) is 0. The molecule has 1 fully saturated rings. The Balaban J connectivity index is 2.10. The van der Waals surface area contributed by atoms with Crippen molar-refractivity contribution in [2.75, 3.05) is 7.05 Å². The molecule has 2 nitrogen and oxygen atoms in total. The smallest absolute Gasteiger partial charge is 0.0452 e. The van der Waals surface area contributed by atoms with E-state index in [4.69, 9.17) is 5.73 Å². The third-order valence-electron chi connectivity index (χ3n) is 5.13. The Morgan fingerprint density at radius 3 is 2.45 bits per heavy atom. The van der Waals surface area contributed by atoms with Crippen molar-refractivity contribution in [2.45, 2.75) is 64.1 Å². The predicted molar refractivity (Wildman–Crippen MR) is 86.6 cm³/mol. The molecule has 1 aromatic carbocycles. The molecule has 0 aromatic heterocycles. The fraction of sp³-hybridized carbons (Fsp3) is 0.667. The van der Waals surface area contributed by atoms with Gasteiger partial charge in [-0.1, -0.05) is 57.0 Å². The Labute approximate surface area is 124 Å². The first-order valence-corrected chi connectivity index (χ1v) is 8.17. The predicted octanol–water partition coefficient (Wildman–Crippen LogP) is 3.98. The lowest BCUT2D eigenvalue weighted by atomic mass is 9.83. The molecule has 1 saturated carbocycles. The van der Waals surface area contributed by atoms with Gasteiger partial charge >= 0.3 is 0 Å². The van der Waals surface area contributed by atoms with Crippen LogP contribution in [0, 0.1) is 5.92 Å². The average Bonchev–Trinajstić information content (AvgIpc) is 2.49. The minimum Gasteiger partial charge on any atom is -0.323 e. The summed E-state index contributed by atoms with van der Waals surface area (Å²) < 4.78 is 0. The van der Waals surface area contributed by atoms with Gasteiger partial charge in [-0.3, -0.25) is 4.90 Å². The second kappa shape index (κ2) is 7.24. The van der Waals surface area contributed by atoms with E-state index in [1.54, 1.807) is 0 Å². The molecule has 1 aromatic rings. The molecule has 0 bridgehead atoms. The van der Waals surface area contributed by atoms with Crippen LogP contribution in [-0.2, 0) is 0 Å². The lowest BCUT2D eigenvalue weighted by molar-refractivity contribution is 0.0812. The highest BCUT2D eigenvalue weighted by molar-refractivity contribution is 5.20. The molecule has 0 saturated heterocycles. The molecule has 1 aliphatic carbocycles. The van der Waals surface area contributed by atoms with Gasteiger partial charge in [-0.15, -0.1) is 0 Å². The number of hydrogen-bond acceptors (Lipinski definition) is 2. The van der Waals surface area contributed by atoms with Crippen LogP contribution in [0.5, 0.6) is 0 Å². The van der Waals surface area contributed by atoms with Crippen LogP contribution in [0.2, 0.25) is 0 Å². The molecule has 0 radical (unpaired) electrons. The Bertz CT molecular complexity index is 390. The largest absolute Gasteiger partial charge is 0.323 e. The van der Waals surface area contributed by atoms with Gasteiger partial charge < -0.3 is 5.73 Å². The molecule has 0 spiro atoms. The molecule has 112 valence electrons. The first-order chi connectivity index (χ1) is 9.65. The highest BCUT2D eigenvalue weighted by Gasteiger charge is 2.31. The van der Waals surface area contributed by atoms with Crippen LogP contribution in [0.15, 0.2) is 30.3 Å². The van der Waals surface area contributed by atoms with E-state index >= 15 is 0 Å². The van der Waals surface area contributed by atoms with E-state index in [0.29, 0.717) is 12.1 Å². The van der Waals surface area contributed by atoms with Crippen molar-refractivity contribution in [1.82, 2.24) is 4.90 Å². The van der Waals surface area contributed by atoms with Crippen molar-refractivity contribution in [2.24, 2.45) is 11.7 Å². The topological polar surface area (TPSA) is 29.3 Å². The minimum absolute atomic E-state index is 0.111. The molecule has 20 heavy (non-hydrogen) atoms. The van der Waals surface area contributed by atoms with Crippen LogP contribution in [0.1, 0.15) is 57.6 Å². The fourth-order valence-electron chi connectivity index (χ4n) is 3.84. The molecule has 4 atom stereocenters. The lowest BCUT2D eigenvalue weighted by Crippen LogP contribution is -2.49. The molecule has 2 rings (SSSR count). The number of likely N-dealkylation sites (N-methyl/N-ethyl adjacent to an activating group) is 1. The summed E-state index contributed by atoms with van der Waals surface area (Å²) >= 11 is 0. The van der Waals surface area contributed by atoms with Gasteiger partial charge in [-0.05, 0) is 37.8 Å². The number of nitrogens with two attached hydrogens (primary N) is 1. The van der Waals surface area contributed by atoms with Crippen LogP contribution in [-0.4, -0.2) is 24.0 Å². The summed E-state index contributed by atoms with van der Waals surface area (Å²) in [6.45, 7) is 4.67.